The lowest BCUT2D eigenvalue weighted by atomic mass is 10.1. The molecule has 0 amide bonds. The topological polar surface area (TPSA) is 35.5 Å². The van der Waals surface area contributed by atoms with E-state index in [0.29, 0.717) is 5.75 Å². The summed E-state index contributed by atoms with van der Waals surface area (Å²) in [6, 6.07) is 29.5. The predicted molar refractivity (Wildman–Crippen MR) is 155 cm³/mol. The molecule has 0 bridgehead atoms. The van der Waals surface area contributed by atoms with E-state index < -0.39 is 23.3 Å². The molecule has 4 rings (SSSR count). The molecule has 0 spiro atoms. The van der Waals surface area contributed by atoms with Crippen LogP contribution < -0.4 is 4.74 Å². The number of hydrogen-bond donors (Lipinski definition) is 0. The van der Waals surface area contributed by atoms with Gasteiger partial charge in [0.05, 0.1) is 16.5 Å². The van der Waals surface area contributed by atoms with Crippen LogP contribution in [-0.2, 0) is 26.6 Å². The van der Waals surface area contributed by atoms with Gasteiger partial charge < -0.3 is 9.47 Å². The summed E-state index contributed by atoms with van der Waals surface area (Å²) < 4.78 is 50.3. The van der Waals surface area contributed by atoms with Crippen molar-refractivity contribution in [2.75, 3.05) is 6.61 Å². The zero-order valence-electron chi connectivity index (χ0n) is 23.2. The molecule has 0 aromatic heterocycles. The fraction of sp³-hybridized carbons (Fsp3) is 0.206. The fourth-order valence-corrected chi connectivity index (χ4v) is 6.51. The SMILES string of the molecule is Cc1cc([S+](c2ccccc2)c2ccccc2)cc(C)c1OCC(=O)OC(C)(C)C#Cc1cccc(C(F)(F)F)c1. The summed E-state index contributed by atoms with van der Waals surface area (Å²) in [6.07, 6.45) is -4.46. The Kier molecular flexibility index (Phi) is 9.14. The molecule has 3 nitrogen and oxygen atoms in total. The number of ether oxygens (including phenoxy) is 2. The Morgan fingerprint density at radius 2 is 1.34 bits per heavy atom. The molecule has 0 N–H and O–H groups in total. The molecule has 0 fully saturated rings. The highest BCUT2D eigenvalue weighted by Gasteiger charge is 2.31. The molecule has 0 heterocycles. The lowest BCUT2D eigenvalue weighted by Crippen LogP contribution is -2.29. The van der Waals surface area contributed by atoms with Gasteiger partial charge in [-0.25, -0.2) is 4.79 Å². The minimum Gasteiger partial charge on any atom is -0.481 e. The highest BCUT2D eigenvalue weighted by molar-refractivity contribution is 7.97. The molecule has 4 aromatic carbocycles. The Balaban J connectivity index is 1.47. The van der Waals surface area contributed by atoms with Crippen molar-refractivity contribution in [2.45, 2.75) is 54.2 Å². The van der Waals surface area contributed by atoms with Crippen molar-refractivity contribution in [3.63, 3.8) is 0 Å². The van der Waals surface area contributed by atoms with Gasteiger partial charge in [0.1, 0.15) is 5.75 Å². The summed E-state index contributed by atoms with van der Waals surface area (Å²) in [5.41, 5.74) is -0.0655. The molecule has 7 heteroatoms. The van der Waals surface area contributed by atoms with Gasteiger partial charge in [-0.3, -0.25) is 0 Å². The van der Waals surface area contributed by atoms with Crippen LogP contribution in [0.1, 0.15) is 36.1 Å². The molecule has 0 saturated heterocycles. The average Bonchev–Trinajstić information content (AvgIpc) is 2.92. The van der Waals surface area contributed by atoms with Crippen LogP contribution in [0, 0.1) is 25.7 Å². The lowest BCUT2D eigenvalue weighted by molar-refractivity contribution is -0.154. The molecule has 4 aromatic rings. The van der Waals surface area contributed by atoms with Gasteiger partial charge in [-0.15, -0.1) is 0 Å². The number of alkyl halides is 3. The summed E-state index contributed by atoms with van der Waals surface area (Å²) in [7, 11) is -0.319. The molecule has 0 aliphatic carbocycles. The number of benzene rings is 4. The second-order valence-electron chi connectivity index (χ2n) is 9.92. The largest absolute Gasteiger partial charge is 0.481 e. The molecule has 0 aliphatic heterocycles. The number of carbonyl (C=O) groups excluding carboxylic acids is 1. The first kappa shape index (κ1) is 29.8. The standard InChI is InChI=1S/C34H30F3O3S/c1-24-20-30(41(28-14-7-5-8-15-28)29-16-9-6-10-17-29)21-25(2)32(24)39-23-31(38)40-33(3,4)19-18-26-12-11-13-27(22-26)34(35,36)37/h5-17,20-22H,23H2,1-4H3/q+1. The first-order valence-electron chi connectivity index (χ1n) is 12.9. The Hall–Kier alpha value is -4.15. The summed E-state index contributed by atoms with van der Waals surface area (Å²) >= 11 is 0. The van der Waals surface area contributed by atoms with E-state index in [9.17, 15) is 18.0 Å². The van der Waals surface area contributed by atoms with Crippen LogP contribution in [0.25, 0.3) is 0 Å². The van der Waals surface area contributed by atoms with E-state index in [0.717, 1.165) is 28.2 Å². The quantitative estimate of drug-likeness (QED) is 0.127. The summed E-state index contributed by atoms with van der Waals surface area (Å²) in [6.45, 7) is 6.70. The van der Waals surface area contributed by atoms with Crippen LogP contribution in [0.4, 0.5) is 13.2 Å². The van der Waals surface area contributed by atoms with Crippen molar-refractivity contribution in [3.05, 3.63) is 119 Å². The highest BCUT2D eigenvalue weighted by Crippen LogP contribution is 2.35. The fourth-order valence-electron chi connectivity index (χ4n) is 4.24. The Labute approximate surface area is 241 Å². The van der Waals surface area contributed by atoms with Gasteiger partial charge >= 0.3 is 12.1 Å². The highest BCUT2D eigenvalue weighted by atomic mass is 32.2. The van der Waals surface area contributed by atoms with E-state index in [1.54, 1.807) is 13.8 Å². The first-order valence-corrected chi connectivity index (χ1v) is 14.2. The summed E-state index contributed by atoms with van der Waals surface area (Å²) in [5.74, 6) is 5.38. The smallest absolute Gasteiger partial charge is 0.416 e. The number of hydrogen-bond acceptors (Lipinski definition) is 3. The number of esters is 1. The van der Waals surface area contributed by atoms with E-state index in [2.05, 4.69) is 48.2 Å². The monoisotopic (exact) mass is 575 g/mol. The van der Waals surface area contributed by atoms with Gasteiger partial charge in [0.15, 0.2) is 26.9 Å². The maximum absolute atomic E-state index is 13.0. The van der Waals surface area contributed by atoms with Crippen LogP contribution in [0.3, 0.4) is 0 Å². The van der Waals surface area contributed by atoms with Crippen molar-refractivity contribution in [1.82, 2.24) is 0 Å². The van der Waals surface area contributed by atoms with Crippen LogP contribution in [0.15, 0.2) is 112 Å². The third kappa shape index (κ3) is 7.96. The second-order valence-corrected chi connectivity index (χ2v) is 11.9. The van der Waals surface area contributed by atoms with E-state index in [4.69, 9.17) is 9.47 Å². The van der Waals surface area contributed by atoms with E-state index in [1.165, 1.54) is 21.9 Å². The summed E-state index contributed by atoms with van der Waals surface area (Å²) in [4.78, 5) is 16.2. The van der Waals surface area contributed by atoms with Crippen LogP contribution in [0.2, 0.25) is 0 Å². The van der Waals surface area contributed by atoms with Crippen LogP contribution in [0.5, 0.6) is 5.75 Å². The molecule has 0 radical (unpaired) electrons. The Morgan fingerprint density at radius 1 is 0.780 bits per heavy atom. The zero-order chi connectivity index (χ0) is 29.6. The van der Waals surface area contributed by atoms with Crippen molar-refractivity contribution in [2.24, 2.45) is 0 Å². The second kappa shape index (κ2) is 12.6. The van der Waals surface area contributed by atoms with Gasteiger partial charge in [0, 0.05) is 17.7 Å². The third-order valence-corrected chi connectivity index (χ3v) is 8.22. The van der Waals surface area contributed by atoms with E-state index in [1.807, 2.05) is 50.2 Å². The molecule has 0 aliphatic rings. The molecular weight excluding hydrogens is 545 g/mol. The maximum atomic E-state index is 13.0. The minimum absolute atomic E-state index is 0.177. The van der Waals surface area contributed by atoms with Crippen molar-refractivity contribution < 1.29 is 27.4 Å². The molecule has 210 valence electrons. The Morgan fingerprint density at radius 3 is 1.88 bits per heavy atom. The van der Waals surface area contributed by atoms with Crippen molar-refractivity contribution in [1.29, 1.82) is 0 Å². The first-order chi connectivity index (χ1) is 19.4. The maximum Gasteiger partial charge on any atom is 0.416 e. The molecule has 0 unspecified atom stereocenters. The summed E-state index contributed by atoms with van der Waals surface area (Å²) in [5, 5.41) is 0. The third-order valence-electron chi connectivity index (χ3n) is 6.03. The number of carbonyl (C=O) groups is 1. The number of halogens is 3. The van der Waals surface area contributed by atoms with Gasteiger partial charge in [-0.2, -0.15) is 13.2 Å². The van der Waals surface area contributed by atoms with Crippen LogP contribution in [-0.4, -0.2) is 18.2 Å². The normalized spacial score (nSPS) is 11.5. The zero-order valence-corrected chi connectivity index (χ0v) is 24.0. The van der Waals surface area contributed by atoms with Gasteiger partial charge in [-0.05, 0) is 81.3 Å². The average molecular weight is 576 g/mol. The van der Waals surface area contributed by atoms with Crippen LogP contribution >= 0.6 is 0 Å². The van der Waals surface area contributed by atoms with Gasteiger partial charge in [-0.1, -0.05) is 54.3 Å². The molecular formula is C34H30F3O3S+. The molecule has 0 saturated carbocycles. The minimum atomic E-state index is -4.46. The van der Waals surface area contributed by atoms with E-state index in [-0.39, 0.29) is 23.1 Å². The number of rotatable bonds is 7. The molecule has 0 atom stereocenters. The Bertz CT molecular complexity index is 1510. The predicted octanol–water partition coefficient (Wildman–Crippen LogP) is 8.17. The molecule has 41 heavy (non-hydrogen) atoms. The van der Waals surface area contributed by atoms with E-state index >= 15 is 0 Å². The van der Waals surface area contributed by atoms with Crippen molar-refractivity contribution >= 4 is 16.9 Å². The van der Waals surface area contributed by atoms with Gasteiger partial charge in [0.2, 0.25) is 0 Å². The van der Waals surface area contributed by atoms with Gasteiger partial charge in [0.25, 0.3) is 0 Å². The number of aryl methyl sites for hydroxylation is 2. The van der Waals surface area contributed by atoms with Crippen molar-refractivity contribution in [3.8, 4) is 17.6 Å². The lowest BCUT2D eigenvalue weighted by Gasteiger charge is -2.20.